The lowest BCUT2D eigenvalue weighted by atomic mass is 10.00. The van der Waals surface area contributed by atoms with E-state index in [-0.39, 0.29) is 24.7 Å². The Balaban J connectivity index is 1.52. The highest BCUT2D eigenvalue weighted by molar-refractivity contribution is 5.96. The molecule has 3 heterocycles. The number of benzene rings is 1. The first-order valence-corrected chi connectivity index (χ1v) is 9.03. The lowest BCUT2D eigenvalue weighted by molar-refractivity contribution is -0.0593. The molecule has 0 radical (unpaired) electrons. The first kappa shape index (κ1) is 20.0. The molecule has 1 saturated heterocycles. The van der Waals surface area contributed by atoms with Crippen LogP contribution in [0.2, 0.25) is 0 Å². The number of urea groups is 1. The number of halogens is 3. The number of hydrogen-bond donors (Lipinski definition) is 2. The van der Waals surface area contributed by atoms with Gasteiger partial charge in [0.15, 0.2) is 17.5 Å². The van der Waals surface area contributed by atoms with Gasteiger partial charge in [-0.2, -0.15) is 5.10 Å². The molecule has 0 unspecified atom stereocenters. The third-order valence-corrected chi connectivity index (χ3v) is 4.95. The van der Waals surface area contributed by atoms with E-state index in [0.717, 1.165) is 0 Å². The molecule has 2 N–H and O–H groups in total. The zero-order chi connectivity index (χ0) is 21.6. The van der Waals surface area contributed by atoms with Crippen LogP contribution in [0.5, 0.6) is 0 Å². The summed E-state index contributed by atoms with van der Waals surface area (Å²) in [6.07, 6.45) is 1.41. The lowest BCUT2D eigenvalue weighted by Gasteiger charge is -2.38. The lowest BCUT2D eigenvalue weighted by Crippen LogP contribution is -2.60. The number of nitrogens with one attached hydrogen (secondary N) is 2. The van der Waals surface area contributed by atoms with Crippen LogP contribution in [0.1, 0.15) is 23.0 Å². The second-order valence-electron chi connectivity index (χ2n) is 7.51. The van der Waals surface area contributed by atoms with Gasteiger partial charge in [0.05, 0.1) is 49.3 Å². The number of fused-ring (bicyclic) bond motifs is 1. The summed E-state index contributed by atoms with van der Waals surface area (Å²) in [7, 11) is 0. The van der Waals surface area contributed by atoms with Crippen molar-refractivity contribution in [2.75, 3.05) is 18.5 Å². The van der Waals surface area contributed by atoms with Crippen molar-refractivity contribution in [1.29, 1.82) is 0 Å². The molecule has 3 amide bonds. The van der Waals surface area contributed by atoms with Crippen molar-refractivity contribution in [2.45, 2.75) is 25.6 Å². The number of aromatic nitrogens is 2. The summed E-state index contributed by atoms with van der Waals surface area (Å²) >= 11 is 0. The van der Waals surface area contributed by atoms with E-state index in [4.69, 9.17) is 4.74 Å². The van der Waals surface area contributed by atoms with Gasteiger partial charge < -0.3 is 15.4 Å². The normalized spacial score (nSPS) is 17.2. The maximum absolute atomic E-state index is 13.4. The fourth-order valence-electron chi connectivity index (χ4n) is 3.28. The Hall–Kier alpha value is -3.34. The number of anilines is 1. The summed E-state index contributed by atoms with van der Waals surface area (Å²) in [6.45, 7) is 6.58. The highest BCUT2D eigenvalue weighted by Crippen LogP contribution is 2.25. The molecule has 158 valence electrons. The molecule has 2 aliphatic heterocycles. The second-order valence-corrected chi connectivity index (χ2v) is 7.51. The maximum atomic E-state index is 13.4. The summed E-state index contributed by atoms with van der Waals surface area (Å²) in [5, 5.41) is 9.37. The number of ether oxygens (including phenoxy) is 1. The van der Waals surface area contributed by atoms with Crippen LogP contribution in [0.4, 0.5) is 23.7 Å². The molecule has 0 spiro atoms. The molecule has 11 heteroatoms. The number of allylic oxidation sites excluding steroid dienone is 1. The average molecular weight is 421 g/mol. The molecule has 0 atom stereocenters. The minimum atomic E-state index is -1.62. The number of amides is 3. The molecule has 4 rings (SSSR count). The molecule has 1 fully saturated rings. The fraction of sp³-hybridized carbons (Fsp3) is 0.316. The van der Waals surface area contributed by atoms with Crippen molar-refractivity contribution in [3.63, 3.8) is 0 Å². The molecule has 2 aromatic rings. The molecular weight excluding hydrogens is 403 g/mol. The molecule has 2 aliphatic rings. The van der Waals surface area contributed by atoms with E-state index in [1.807, 2.05) is 6.92 Å². The highest BCUT2D eigenvalue weighted by atomic mass is 19.2. The summed E-state index contributed by atoms with van der Waals surface area (Å²) < 4.78 is 46.6. The van der Waals surface area contributed by atoms with E-state index in [9.17, 15) is 22.8 Å². The van der Waals surface area contributed by atoms with Crippen LogP contribution < -0.4 is 10.6 Å². The number of carbonyl (C=O) groups excluding carboxylic acids is 2. The van der Waals surface area contributed by atoms with Crippen molar-refractivity contribution < 1.29 is 27.5 Å². The Kier molecular flexibility index (Phi) is 4.77. The van der Waals surface area contributed by atoms with Crippen LogP contribution in [-0.2, 0) is 17.8 Å². The molecule has 1 aromatic heterocycles. The molecule has 30 heavy (non-hydrogen) atoms. The Bertz CT molecular complexity index is 1040. The molecule has 0 bridgehead atoms. The van der Waals surface area contributed by atoms with Crippen LogP contribution in [0, 0.1) is 17.5 Å². The quantitative estimate of drug-likeness (QED) is 0.745. The molecular formula is C19H18F3N5O3. The first-order valence-electron chi connectivity index (χ1n) is 9.03. The zero-order valence-corrected chi connectivity index (χ0v) is 16.0. The standard InChI is InChI=1S/C19H18F3N5O3/c1-10-6-27-15(12(5-23-27)17(28)25-19(2)8-30-9-19)7-26(10)18(29)24-11-3-13(20)16(22)14(21)4-11/h3-5H,1,6-9H2,2H3,(H,24,29)(H,25,28). The Morgan fingerprint density at radius 3 is 2.47 bits per heavy atom. The SMILES string of the molecule is C=C1Cn2ncc(C(=O)NC3(C)COC3)c2CN1C(=O)Nc1cc(F)c(F)c(F)c1. The number of nitrogens with zero attached hydrogens (tertiary/aromatic N) is 3. The highest BCUT2D eigenvalue weighted by Gasteiger charge is 2.37. The van der Waals surface area contributed by atoms with E-state index in [0.29, 0.717) is 42.3 Å². The summed E-state index contributed by atoms with van der Waals surface area (Å²) in [5.74, 6) is -4.82. The number of rotatable bonds is 3. The Morgan fingerprint density at radius 1 is 1.20 bits per heavy atom. The van der Waals surface area contributed by atoms with Crippen molar-refractivity contribution in [2.24, 2.45) is 0 Å². The van der Waals surface area contributed by atoms with Gasteiger partial charge in [0.1, 0.15) is 0 Å². The minimum Gasteiger partial charge on any atom is -0.376 e. The topological polar surface area (TPSA) is 88.5 Å². The van der Waals surface area contributed by atoms with Crippen LogP contribution in [-0.4, -0.2) is 45.4 Å². The van der Waals surface area contributed by atoms with Crippen molar-refractivity contribution in [3.05, 3.63) is 59.3 Å². The molecule has 8 nitrogen and oxygen atoms in total. The van der Waals surface area contributed by atoms with Gasteiger partial charge in [-0.05, 0) is 6.92 Å². The molecule has 1 aromatic carbocycles. The van der Waals surface area contributed by atoms with E-state index in [1.54, 1.807) is 4.68 Å². The summed E-state index contributed by atoms with van der Waals surface area (Å²) in [4.78, 5) is 26.5. The third-order valence-electron chi connectivity index (χ3n) is 4.95. The largest absolute Gasteiger partial charge is 0.376 e. The predicted octanol–water partition coefficient (Wildman–Crippen LogP) is 2.38. The summed E-state index contributed by atoms with van der Waals surface area (Å²) in [5.41, 5.74) is 0.428. The van der Waals surface area contributed by atoms with Gasteiger partial charge in [-0.15, -0.1) is 0 Å². The van der Waals surface area contributed by atoms with Gasteiger partial charge in [0.2, 0.25) is 0 Å². The zero-order valence-electron chi connectivity index (χ0n) is 16.0. The average Bonchev–Trinajstić information content (AvgIpc) is 3.06. The number of hydrogen-bond acceptors (Lipinski definition) is 4. The second kappa shape index (κ2) is 7.17. The monoisotopic (exact) mass is 421 g/mol. The smallest absolute Gasteiger partial charge is 0.326 e. The molecule has 0 saturated carbocycles. The van der Waals surface area contributed by atoms with Crippen molar-refractivity contribution in [3.8, 4) is 0 Å². The maximum Gasteiger partial charge on any atom is 0.326 e. The van der Waals surface area contributed by atoms with Crippen molar-refractivity contribution >= 4 is 17.6 Å². The predicted molar refractivity (Wildman–Crippen MR) is 98.9 cm³/mol. The van der Waals surface area contributed by atoms with E-state index in [2.05, 4.69) is 22.3 Å². The van der Waals surface area contributed by atoms with Gasteiger partial charge in [0, 0.05) is 23.5 Å². The van der Waals surface area contributed by atoms with Crippen LogP contribution in [0.15, 0.2) is 30.6 Å². The van der Waals surface area contributed by atoms with Gasteiger partial charge in [-0.1, -0.05) is 6.58 Å². The van der Waals surface area contributed by atoms with Crippen LogP contribution in [0.25, 0.3) is 0 Å². The van der Waals surface area contributed by atoms with Gasteiger partial charge in [-0.25, -0.2) is 18.0 Å². The first-order chi connectivity index (χ1) is 14.2. The number of carbonyl (C=O) groups is 2. The van der Waals surface area contributed by atoms with Crippen molar-refractivity contribution in [1.82, 2.24) is 20.0 Å². The van der Waals surface area contributed by atoms with Gasteiger partial charge in [-0.3, -0.25) is 14.4 Å². The fourth-order valence-corrected chi connectivity index (χ4v) is 3.28. The van der Waals surface area contributed by atoms with Gasteiger partial charge in [0.25, 0.3) is 5.91 Å². The van der Waals surface area contributed by atoms with Gasteiger partial charge >= 0.3 is 6.03 Å². The van der Waals surface area contributed by atoms with E-state index >= 15 is 0 Å². The third kappa shape index (κ3) is 3.52. The summed E-state index contributed by atoms with van der Waals surface area (Å²) in [6, 6.07) is 0.615. The Morgan fingerprint density at radius 2 is 1.87 bits per heavy atom. The van der Waals surface area contributed by atoms with E-state index in [1.165, 1.54) is 11.1 Å². The molecule has 0 aliphatic carbocycles. The Labute approximate surface area is 169 Å². The van der Waals surface area contributed by atoms with Crippen LogP contribution >= 0.6 is 0 Å². The van der Waals surface area contributed by atoms with E-state index < -0.39 is 29.0 Å². The van der Waals surface area contributed by atoms with Crippen LogP contribution in [0.3, 0.4) is 0 Å². The minimum absolute atomic E-state index is 0.0349.